The first-order valence-electron chi connectivity index (χ1n) is 12.8. The van der Waals surface area contributed by atoms with Gasteiger partial charge in [0.15, 0.2) is 17.5 Å². The highest BCUT2D eigenvalue weighted by Gasteiger charge is 2.53. The van der Waals surface area contributed by atoms with Crippen molar-refractivity contribution in [3.8, 4) is 0 Å². The number of thioether (sulfide) groups is 1. The summed E-state index contributed by atoms with van der Waals surface area (Å²) in [7, 11) is 0. The Morgan fingerprint density at radius 2 is 1.76 bits per heavy atom. The van der Waals surface area contributed by atoms with E-state index in [-0.39, 0.29) is 46.8 Å². The maximum absolute atomic E-state index is 13.5. The molecule has 0 spiro atoms. The molecule has 2 amide bonds. The summed E-state index contributed by atoms with van der Waals surface area (Å²) in [4.78, 5) is 25.9. The highest BCUT2D eigenvalue weighted by atomic mass is 35.5. The van der Waals surface area contributed by atoms with Gasteiger partial charge >= 0.3 is 0 Å². The second-order valence-electron chi connectivity index (χ2n) is 10.4. The lowest BCUT2D eigenvalue weighted by molar-refractivity contribution is -0.125. The molecule has 1 heterocycles. The molecule has 3 aliphatic rings. The van der Waals surface area contributed by atoms with Gasteiger partial charge in [-0.25, -0.2) is 13.2 Å². The van der Waals surface area contributed by atoms with Crippen LogP contribution in [0.1, 0.15) is 48.9 Å². The van der Waals surface area contributed by atoms with Crippen molar-refractivity contribution in [1.82, 2.24) is 10.6 Å². The number of carbonyl (C=O) groups is 2. The third kappa shape index (κ3) is 5.54. The van der Waals surface area contributed by atoms with Crippen LogP contribution in [0.2, 0.25) is 5.02 Å². The number of anilines is 1. The molecule has 1 aliphatic heterocycles. The monoisotopic (exact) mass is 567 g/mol. The molecule has 6 nitrogen and oxygen atoms in total. The first kappa shape index (κ1) is 27.3. The Balaban J connectivity index is 1.22. The van der Waals surface area contributed by atoms with Gasteiger partial charge in [-0.2, -0.15) is 0 Å². The topological polar surface area (TPSA) is 90.5 Å². The summed E-state index contributed by atoms with van der Waals surface area (Å²) in [6.45, 7) is 1.08. The number of fused-ring (bicyclic) bond motifs is 2. The van der Waals surface area contributed by atoms with Gasteiger partial charge in [-0.05, 0) is 75.1 Å². The SMILES string of the molecule is O=C(Nc1cc(F)c(F)c(F)c1)c1ccc(Cl)c(SC2CC3CC[C@@H](C2)C3(O)CNC(=O)[C@@H]2CCCN2)c1. The molecule has 0 radical (unpaired) electrons. The average Bonchev–Trinajstić information content (AvgIpc) is 3.46. The first-order valence-corrected chi connectivity index (χ1v) is 14.1. The zero-order valence-electron chi connectivity index (χ0n) is 20.5. The summed E-state index contributed by atoms with van der Waals surface area (Å²) in [5, 5.41) is 20.7. The standard InChI is InChI=1S/C27H29ClF3N3O3S/c28-19-6-3-14(25(35)34-17-11-20(29)24(31)21(30)12-17)8-23(19)38-18-9-15-4-5-16(10-18)27(15,37)13-33-26(36)22-2-1-7-32-22/h3,6,8,11-12,15-16,18,22,32,37H,1-2,4-5,7,9-10,13H2,(H,33,36)(H,34,35)/t15-,16?,18?,22-,27?/m0/s1. The smallest absolute Gasteiger partial charge is 0.255 e. The second kappa shape index (κ2) is 11.1. The van der Waals surface area contributed by atoms with Crippen molar-refractivity contribution < 1.29 is 27.9 Å². The van der Waals surface area contributed by atoms with E-state index >= 15 is 0 Å². The third-order valence-electron chi connectivity index (χ3n) is 8.02. The number of hydrogen-bond donors (Lipinski definition) is 4. The van der Waals surface area contributed by atoms with E-state index in [1.165, 1.54) is 17.8 Å². The van der Waals surface area contributed by atoms with E-state index in [1.54, 1.807) is 12.1 Å². The average molecular weight is 568 g/mol. The summed E-state index contributed by atoms with van der Waals surface area (Å²) < 4.78 is 40.3. The van der Waals surface area contributed by atoms with E-state index in [9.17, 15) is 27.9 Å². The quantitative estimate of drug-likeness (QED) is 0.358. The van der Waals surface area contributed by atoms with Crippen LogP contribution in [0.25, 0.3) is 0 Å². The lowest BCUT2D eigenvalue weighted by Gasteiger charge is -2.43. The third-order valence-corrected chi connectivity index (χ3v) is 9.78. The zero-order chi connectivity index (χ0) is 27.0. The molecule has 3 fully saturated rings. The molecule has 2 aliphatic carbocycles. The van der Waals surface area contributed by atoms with Crippen LogP contribution in [0, 0.1) is 29.3 Å². The minimum Gasteiger partial charge on any atom is -0.387 e. The van der Waals surface area contributed by atoms with Crippen molar-refractivity contribution >= 4 is 40.9 Å². The molecule has 1 saturated heterocycles. The number of carbonyl (C=O) groups excluding carboxylic acids is 2. The van der Waals surface area contributed by atoms with Crippen molar-refractivity contribution in [3.63, 3.8) is 0 Å². The van der Waals surface area contributed by atoms with Crippen molar-refractivity contribution in [3.05, 3.63) is 58.4 Å². The molecule has 2 bridgehead atoms. The van der Waals surface area contributed by atoms with Gasteiger partial charge in [0, 0.05) is 40.1 Å². The highest BCUT2D eigenvalue weighted by Crippen LogP contribution is 2.53. The Morgan fingerprint density at radius 1 is 1.08 bits per heavy atom. The molecule has 0 aromatic heterocycles. The Kier molecular flexibility index (Phi) is 7.96. The number of amides is 2. The van der Waals surface area contributed by atoms with Gasteiger partial charge < -0.3 is 21.1 Å². The van der Waals surface area contributed by atoms with Crippen LogP contribution in [0.15, 0.2) is 35.2 Å². The molecular weight excluding hydrogens is 539 g/mol. The fourth-order valence-corrected chi connectivity index (χ4v) is 7.64. The van der Waals surface area contributed by atoms with Crippen LogP contribution in [0.4, 0.5) is 18.9 Å². The van der Waals surface area contributed by atoms with Gasteiger partial charge in [0.05, 0.1) is 16.7 Å². The molecule has 5 rings (SSSR count). The molecule has 2 aromatic carbocycles. The molecule has 11 heteroatoms. The van der Waals surface area contributed by atoms with Gasteiger partial charge in [-0.1, -0.05) is 11.6 Å². The van der Waals surface area contributed by atoms with Crippen LogP contribution >= 0.6 is 23.4 Å². The molecule has 5 atom stereocenters. The molecule has 38 heavy (non-hydrogen) atoms. The Morgan fingerprint density at radius 3 is 2.39 bits per heavy atom. The van der Waals surface area contributed by atoms with Gasteiger partial charge in [0.25, 0.3) is 5.91 Å². The molecular formula is C27H29ClF3N3O3S. The Labute approximate surface area is 228 Å². The fraction of sp³-hybridized carbons (Fsp3) is 0.481. The predicted molar refractivity (Wildman–Crippen MR) is 140 cm³/mol. The van der Waals surface area contributed by atoms with Crippen LogP contribution in [0.3, 0.4) is 0 Å². The highest BCUT2D eigenvalue weighted by molar-refractivity contribution is 8.00. The molecule has 4 N–H and O–H groups in total. The Hall–Kier alpha value is -2.27. The van der Waals surface area contributed by atoms with Crippen molar-refractivity contribution in [2.75, 3.05) is 18.4 Å². The summed E-state index contributed by atoms with van der Waals surface area (Å²) in [6, 6.07) is 5.96. The van der Waals surface area contributed by atoms with Crippen LogP contribution in [-0.2, 0) is 4.79 Å². The van der Waals surface area contributed by atoms with E-state index in [2.05, 4.69) is 16.0 Å². The summed E-state index contributed by atoms with van der Waals surface area (Å²) in [5.74, 6) is -4.97. The number of rotatable bonds is 7. The van der Waals surface area contributed by atoms with E-state index in [4.69, 9.17) is 11.6 Å². The number of benzene rings is 2. The van der Waals surface area contributed by atoms with E-state index in [0.29, 0.717) is 22.1 Å². The number of aliphatic hydroxyl groups is 1. The van der Waals surface area contributed by atoms with Gasteiger partial charge in [-0.3, -0.25) is 9.59 Å². The van der Waals surface area contributed by atoms with E-state index in [0.717, 1.165) is 45.1 Å². The summed E-state index contributed by atoms with van der Waals surface area (Å²) >= 11 is 7.97. The Bertz CT molecular complexity index is 1210. The largest absolute Gasteiger partial charge is 0.387 e. The first-order chi connectivity index (χ1) is 18.1. The number of hydrogen-bond acceptors (Lipinski definition) is 5. The van der Waals surface area contributed by atoms with Crippen LogP contribution in [0.5, 0.6) is 0 Å². The molecule has 2 aromatic rings. The molecule has 3 unspecified atom stereocenters. The van der Waals surface area contributed by atoms with Gasteiger partial charge in [-0.15, -0.1) is 11.8 Å². The van der Waals surface area contributed by atoms with Gasteiger partial charge in [0.1, 0.15) is 0 Å². The molecule has 2 saturated carbocycles. The lowest BCUT2D eigenvalue weighted by Crippen LogP contribution is -2.55. The minimum atomic E-state index is -1.60. The molecule has 204 valence electrons. The van der Waals surface area contributed by atoms with E-state index in [1.807, 2.05) is 0 Å². The number of halogens is 4. The predicted octanol–water partition coefficient (Wildman–Crippen LogP) is 4.89. The second-order valence-corrected chi connectivity index (χ2v) is 12.1. The normalized spacial score (nSPS) is 28.3. The lowest BCUT2D eigenvalue weighted by atomic mass is 9.74. The fourth-order valence-electron chi connectivity index (χ4n) is 6.00. The van der Waals surface area contributed by atoms with Crippen LogP contribution < -0.4 is 16.0 Å². The van der Waals surface area contributed by atoms with Gasteiger partial charge in [0.2, 0.25) is 5.91 Å². The summed E-state index contributed by atoms with van der Waals surface area (Å²) in [6.07, 6.45) is 5.05. The number of nitrogens with one attached hydrogen (secondary N) is 3. The van der Waals surface area contributed by atoms with Crippen molar-refractivity contribution in [1.29, 1.82) is 0 Å². The zero-order valence-corrected chi connectivity index (χ0v) is 22.1. The van der Waals surface area contributed by atoms with Crippen molar-refractivity contribution in [2.24, 2.45) is 11.8 Å². The maximum atomic E-state index is 13.5. The maximum Gasteiger partial charge on any atom is 0.255 e. The minimum absolute atomic E-state index is 0.0455. The summed E-state index contributed by atoms with van der Waals surface area (Å²) in [5.41, 5.74) is -0.897. The van der Waals surface area contributed by atoms with Crippen molar-refractivity contribution in [2.45, 2.75) is 60.3 Å². The van der Waals surface area contributed by atoms with E-state index < -0.39 is 29.0 Å². The van der Waals surface area contributed by atoms with Crippen LogP contribution in [-0.4, -0.2) is 46.9 Å².